The maximum Gasteiger partial charge on any atom is 0.308 e. The van der Waals surface area contributed by atoms with Crippen molar-refractivity contribution in [3.8, 4) is 11.5 Å². The molecule has 0 spiro atoms. The Hall–Kier alpha value is -5.66. The molecule has 6 heterocycles. The molecular formula is C58H74Cl2N10O7. The molecular weight excluding hydrogens is 1020 g/mol. The molecule has 0 radical (unpaired) electrons. The Labute approximate surface area is 460 Å². The number of nitrogens with two attached hydrogens (primary N) is 1. The van der Waals surface area contributed by atoms with E-state index in [2.05, 4.69) is 59.4 Å². The number of aryl methyl sites for hydroxylation is 2. The van der Waals surface area contributed by atoms with Crippen LogP contribution in [0.15, 0.2) is 85.2 Å². The zero-order valence-electron chi connectivity index (χ0n) is 44.2. The molecule has 6 aliphatic rings. The zero-order chi connectivity index (χ0) is 53.7. The number of aromatic nitrogens is 4. The van der Waals surface area contributed by atoms with Gasteiger partial charge in [0.05, 0.1) is 69.7 Å². The number of aliphatic carboxylic acids is 1. The van der Waals surface area contributed by atoms with E-state index >= 15 is 0 Å². The maximum absolute atomic E-state index is 13.5. The van der Waals surface area contributed by atoms with Crippen LogP contribution in [0.3, 0.4) is 0 Å². The largest absolute Gasteiger partial charge is 0.489 e. The summed E-state index contributed by atoms with van der Waals surface area (Å²) in [6.07, 6.45) is 13.3. The van der Waals surface area contributed by atoms with Crippen LogP contribution in [0, 0.1) is 11.8 Å². The first-order valence-electron chi connectivity index (χ1n) is 27.6. The molecule has 412 valence electrons. The smallest absolute Gasteiger partial charge is 0.308 e. The van der Waals surface area contributed by atoms with E-state index in [0.717, 1.165) is 136 Å². The normalized spacial score (nSPS) is 21.3. The van der Waals surface area contributed by atoms with E-state index in [4.69, 9.17) is 43.5 Å². The summed E-state index contributed by atoms with van der Waals surface area (Å²) in [5.41, 5.74) is 11.9. The van der Waals surface area contributed by atoms with Gasteiger partial charge < -0.3 is 55.4 Å². The highest BCUT2D eigenvalue weighted by molar-refractivity contribution is 6.32. The molecule has 12 rings (SSSR count). The fraction of sp³-hybridized carbons (Fsp3) is 0.517. The second-order valence-corrected chi connectivity index (χ2v) is 22.7. The lowest BCUT2D eigenvalue weighted by atomic mass is 10.00. The van der Waals surface area contributed by atoms with Crippen molar-refractivity contribution in [2.75, 3.05) is 75.2 Å². The van der Waals surface area contributed by atoms with Crippen LogP contribution in [0.4, 0.5) is 11.4 Å². The van der Waals surface area contributed by atoms with Crippen LogP contribution in [-0.4, -0.2) is 146 Å². The summed E-state index contributed by atoms with van der Waals surface area (Å²) in [5, 5.41) is 45.9. The molecule has 0 bridgehead atoms. The number of anilines is 2. The molecule has 2 aromatic heterocycles. The summed E-state index contributed by atoms with van der Waals surface area (Å²) in [7, 11) is 3.86. The molecule has 17 nitrogen and oxygen atoms in total. The number of carbonyl (C=O) groups is 2. The maximum atomic E-state index is 13.5. The molecule has 4 aliphatic heterocycles. The number of benzene rings is 4. The second-order valence-electron chi connectivity index (χ2n) is 21.9. The van der Waals surface area contributed by atoms with Crippen molar-refractivity contribution in [2.45, 2.75) is 101 Å². The van der Waals surface area contributed by atoms with Gasteiger partial charge in [-0.25, -0.2) is 0 Å². The van der Waals surface area contributed by atoms with Crippen LogP contribution in [0.5, 0.6) is 11.5 Å². The van der Waals surface area contributed by atoms with Gasteiger partial charge in [0, 0.05) is 81.6 Å². The van der Waals surface area contributed by atoms with Gasteiger partial charge in [0.25, 0.3) is 0 Å². The lowest BCUT2D eigenvalue weighted by Gasteiger charge is -2.30. The van der Waals surface area contributed by atoms with Crippen molar-refractivity contribution in [1.82, 2.24) is 34.7 Å². The van der Waals surface area contributed by atoms with Crippen LogP contribution < -0.4 is 30.3 Å². The third-order valence-electron chi connectivity index (χ3n) is 16.0. The summed E-state index contributed by atoms with van der Waals surface area (Å²) >= 11 is 12.7. The number of nitrogens with zero attached hydrogens (tertiary/aromatic N) is 8. The van der Waals surface area contributed by atoms with Gasteiger partial charge in [0.1, 0.15) is 17.6 Å². The molecule has 0 unspecified atom stereocenters. The van der Waals surface area contributed by atoms with E-state index < -0.39 is 24.2 Å². The fourth-order valence-electron chi connectivity index (χ4n) is 11.0. The zero-order valence-corrected chi connectivity index (χ0v) is 45.7. The Morgan fingerprint density at radius 1 is 0.636 bits per heavy atom. The Balaban J connectivity index is 0.000000145. The summed E-state index contributed by atoms with van der Waals surface area (Å²) < 4.78 is 15.3. The molecule has 6 aromatic rings. The topological polar surface area (TPSA) is 200 Å². The van der Waals surface area contributed by atoms with E-state index in [1.165, 1.54) is 12.8 Å². The van der Waals surface area contributed by atoms with Crippen molar-refractivity contribution in [3.63, 3.8) is 0 Å². The van der Waals surface area contributed by atoms with Gasteiger partial charge in [0.15, 0.2) is 0 Å². The SMILES string of the molecule is Cn1ncc2ccc(N3CC[C@@H](C(=O)N[C@H](CN4CCCC4)[C@H](O)c4ccc(OC5CC5)c(Cl)c4)C3)cc21.Cn1ncc2ccc(N3CC[C@@H](C(=O)O)C3)cc21.N[C@H](CN1CCCC1)[C@H](O)c1ccc(OC2CC2)c(Cl)c1. The average molecular weight is 1090 g/mol. The number of aliphatic hydroxyl groups is 2. The minimum Gasteiger partial charge on any atom is -0.489 e. The number of halogens is 2. The number of carboxylic acids is 1. The van der Waals surface area contributed by atoms with Crippen molar-refractivity contribution < 1.29 is 34.4 Å². The van der Waals surface area contributed by atoms with Crippen LogP contribution in [0.25, 0.3) is 21.8 Å². The highest BCUT2D eigenvalue weighted by Crippen LogP contribution is 2.37. The summed E-state index contributed by atoms with van der Waals surface area (Å²) in [6, 6.07) is 22.7. The quantitative estimate of drug-likeness (QED) is 0.0595. The number of ether oxygens (including phenoxy) is 2. The lowest BCUT2D eigenvalue weighted by molar-refractivity contribution is -0.141. The van der Waals surface area contributed by atoms with E-state index in [-0.39, 0.29) is 29.9 Å². The van der Waals surface area contributed by atoms with Gasteiger partial charge in [-0.2, -0.15) is 10.2 Å². The number of carboxylic acid groups (broad SMARTS) is 1. The van der Waals surface area contributed by atoms with Crippen LogP contribution in [-0.2, 0) is 23.7 Å². The number of hydrogen-bond acceptors (Lipinski definition) is 13. The molecule has 77 heavy (non-hydrogen) atoms. The van der Waals surface area contributed by atoms with E-state index in [0.29, 0.717) is 52.8 Å². The first-order valence-corrected chi connectivity index (χ1v) is 28.3. The van der Waals surface area contributed by atoms with Crippen LogP contribution >= 0.6 is 23.2 Å². The second kappa shape index (κ2) is 24.6. The number of amides is 1. The Morgan fingerprint density at radius 2 is 1.10 bits per heavy atom. The predicted molar refractivity (Wildman–Crippen MR) is 301 cm³/mol. The first-order chi connectivity index (χ1) is 37.2. The molecule has 2 saturated carbocycles. The third-order valence-corrected chi connectivity index (χ3v) is 16.5. The highest BCUT2D eigenvalue weighted by Gasteiger charge is 2.34. The lowest BCUT2D eigenvalue weighted by Crippen LogP contribution is -2.48. The van der Waals surface area contributed by atoms with E-state index in [1.54, 1.807) is 12.1 Å². The predicted octanol–water partition coefficient (Wildman–Crippen LogP) is 7.73. The number of carbonyl (C=O) groups excluding carboxylic acids is 1. The van der Waals surface area contributed by atoms with Gasteiger partial charge in [0.2, 0.25) is 5.91 Å². The number of likely N-dealkylation sites (tertiary alicyclic amines) is 2. The molecule has 4 saturated heterocycles. The molecule has 2 aliphatic carbocycles. The summed E-state index contributed by atoms with van der Waals surface area (Å²) in [5.74, 6) is 0.274. The average Bonchev–Trinajstić information content (AvgIpc) is 3.89. The molecule has 1 amide bonds. The third kappa shape index (κ3) is 13.8. The van der Waals surface area contributed by atoms with Crippen molar-refractivity contribution >= 4 is 68.3 Å². The minimum atomic E-state index is -0.864. The van der Waals surface area contributed by atoms with Crippen molar-refractivity contribution in [2.24, 2.45) is 31.7 Å². The molecule has 6 atom stereocenters. The summed E-state index contributed by atoms with van der Waals surface area (Å²) in [6.45, 7) is 8.34. The van der Waals surface area contributed by atoms with E-state index in [9.17, 15) is 19.8 Å². The highest BCUT2D eigenvalue weighted by atomic mass is 35.5. The van der Waals surface area contributed by atoms with Gasteiger partial charge in [-0.3, -0.25) is 19.0 Å². The van der Waals surface area contributed by atoms with Gasteiger partial charge in [-0.15, -0.1) is 0 Å². The fourth-order valence-corrected chi connectivity index (χ4v) is 11.5. The minimum absolute atomic E-state index is 0.00265. The number of aliphatic hydroxyl groups excluding tert-OH is 2. The summed E-state index contributed by atoms with van der Waals surface area (Å²) in [4.78, 5) is 33.5. The number of hydrogen-bond donors (Lipinski definition) is 5. The Morgan fingerprint density at radius 3 is 1.57 bits per heavy atom. The first kappa shape index (κ1) is 54.7. The number of nitrogens with one attached hydrogen (secondary N) is 1. The molecule has 19 heteroatoms. The van der Waals surface area contributed by atoms with Crippen molar-refractivity contribution in [1.29, 1.82) is 0 Å². The van der Waals surface area contributed by atoms with Crippen LogP contribution in [0.2, 0.25) is 10.0 Å². The van der Waals surface area contributed by atoms with Crippen molar-refractivity contribution in [3.05, 3.63) is 106 Å². The molecule has 6 fully saturated rings. The monoisotopic (exact) mass is 1090 g/mol. The Bertz CT molecular complexity index is 2990. The Kier molecular flexibility index (Phi) is 17.4. The van der Waals surface area contributed by atoms with Crippen LogP contribution in [0.1, 0.15) is 87.5 Å². The molecule has 6 N–H and O–H groups in total. The molecule has 4 aromatic carbocycles. The van der Waals surface area contributed by atoms with Gasteiger partial charge >= 0.3 is 5.97 Å². The van der Waals surface area contributed by atoms with E-state index in [1.807, 2.05) is 72.3 Å². The van der Waals surface area contributed by atoms with Gasteiger partial charge in [-0.05, 0) is 162 Å². The standard InChI is InChI=1S/C29H36ClN5O3.C16H23ClN2O2.C13H15N3O2/c1-33-26-15-22(6-4-20(26)16-31-33)35-13-10-21(17-35)29(37)32-25(18-34-11-2-3-12-34)28(36)19-5-9-27(24(30)14-19)38-23-7-8-23;17-13-9-11(3-6-15(13)21-12-4-5-12)16(20)14(18)10-19-7-1-2-8-19;1-15-12-6-11(3-2-9(12)7-14-15)16-5-4-10(8-16)13(17)18/h4-6,9,14-16,21,23,25,28,36H,2-3,7-8,10-13,17-18H2,1H3,(H,32,37);3,6,9,12,14,16,20H,1-2,4-5,7-8,10,18H2;2-3,6-7,10H,4-5,8H2,1H3,(H,17,18)/t21-,25-,28-;14-,16-;10-/m111/s1. The van der Waals surface area contributed by atoms with Gasteiger partial charge in [-0.1, -0.05) is 35.3 Å². The number of fused-ring (bicyclic) bond motifs is 2. The number of rotatable bonds is 17.